The SMILES string of the molecule is CCOc1cc(/C=C2\SC(=O)N(Cc3ccc(F)cc3Cl)C2=O)ccc1OC(=O)c1ccco1. The number of furan rings is 1. The molecule has 1 aromatic heterocycles. The molecule has 1 saturated heterocycles. The minimum absolute atomic E-state index is 0.0430. The molecule has 0 aliphatic carbocycles. The van der Waals surface area contributed by atoms with Crippen molar-refractivity contribution in [3.63, 3.8) is 0 Å². The Morgan fingerprint density at radius 3 is 2.71 bits per heavy atom. The number of thioether (sulfide) groups is 1. The van der Waals surface area contributed by atoms with Crippen LogP contribution in [0.15, 0.2) is 64.1 Å². The molecular formula is C24H17ClFNO6S. The monoisotopic (exact) mass is 501 g/mol. The molecule has 2 amide bonds. The van der Waals surface area contributed by atoms with Crippen LogP contribution in [-0.4, -0.2) is 28.6 Å². The highest BCUT2D eigenvalue weighted by Gasteiger charge is 2.35. The van der Waals surface area contributed by atoms with E-state index in [0.29, 0.717) is 17.7 Å². The molecule has 0 unspecified atom stereocenters. The first-order valence-corrected chi connectivity index (χ1v) is 11.3. The largest absolute Gasteiger partial charge is 0.490 e. The number of carbonyl (C=O) groups excluding carboxylic acids is 3. The molecule has 2 aromatic carbocycles. The van der Waals surface area contributed by atoms with Crippen molar-refractivity contribution in [2.75, 3.05) is 6.61 Å². The van der Waals surface area contributed by atoms with Gasteiger partial charge in [-0.25, -0.2) is 9.18 Å². The van der Waals surface area contributed by atoms with E-state index in [1.165, 1.54) is 36.6 Å². The van der Waals surface area contributed by atoms with Gasteiger partial charge in [-0.3, -0.25) is 14.5 Å². The molecule has 1 aliphatic rings. The van der Waals surface area contributed by atoms with Gasteiger partial charge >= 0.3 is 5.97 Å². The molecule has 174 valence electrons. The highest BCUT2D eigenvalue weighted by atomic mass is 35.5. The summed E-state index contributed by atoms with van der Waals surface area (Å²) in [5.41, 5.74) is 1.01. The van der Waals surface area contributed by atoms with Crippen molar-refractivity contribution in [1.82, 2.24) is 4.90 Å². The lowest BCUT2D eigenvalue weighted by Gasteiger charge is -2.13. The summed E-state index contributed by atoms with van der Waals surface area (Å²) >= 11 is 6.81. The Balaban J connectivity index is 1.54. The van der Waals surface area contributed by atoms with Crippen LogP contribution in [0.3, 0.4) is 0 Å². The maximum absolute atomic E-state index is 13.3. The van der Waals surface area contributed by atoms with Crippen molar-refractivity contribution in [2.45, 2.75) is 13.5 Å². The molecule has 0 spiro atoms. The zero-order chi connectivity index (χ0) is 24.2. The zero-order valence-electron chi connectivity index (χ0n) is 17.7. The van der Waals surface area contributed by atoms with E-state index in [9.17, 15) is 18.8 Å². The van der Waals surface area contributed by atoms with Crippen LogP contribution < -0.4 is 9.47 Å². The van der Waals surface area contributed by atoms with Crippen molar-refractivity contribution in [3.05, 3.63) is 87.4 Å². The van der Waals surface area contributed by atoms with Gasteiger partial charge in [0.1, 0.15) is 5.82 Å². The van der Waals surface area contributed by atoms with Gasteiger partial charge in [0.25, 0.3) is 11.1 Å². The predicted octanol–water partition coefficient (Wildman–Crippen LogP) is 5.93. The lowest BCUT2D eigenvalue weighted by Crippen LogP contribution is -2.27. The van der Waals surface area contributed by atoms with Gasteiger partial charge in [0.15, 0.2) is 11.5 Å². The maximum atomic E-state index is 13.3. The second-order valence-corrected chi connectivity index (χ2v) is 8.41. The fourth-order valence-corrected chi connectivity index (χ4v) is 4.19. The molecule has 34 heavy (non-hydrogen) atoms. The van der Waals surface area contributed by atoms with Gasteiger partial charge in [-0.05, 0) is 72.3 Å². The third-order valence-corrected chi connectivity index (χ3v) is 5.97. The average molecular weight is 502 g/mol. The molecule has 1 aliphatic heterocycles. The number of halogens is 2. The van der Waals surface area contributed by atoms with Gasteiger partial charge < -0.3 is 13.9 Å². The number of carbonyl (C=O) groups is 3. The number of amides is 2. The van der Waals surface area contributed by atoms with E-state index in [1.54, 1.807) is 25.1 Å². The molecule has 4 rings (SSSR count). The van der Waals surface area contributed by atoms with Crippen molar-refractivity contribution < 1.29 is 32.7 Å². The number of hydrogen-bond acceptors (Lipinski definition) is 7. The van der Waals surface area contributed by atoms with Crippen LogP contribution in [0, 0.1) is 5.82 Å². The molecular weight excluding hydrogens is 485 g/mol. The van der Waals surface area contributed by atoms with Crippen LogP contribution in [0.2, 0.25) is 5.02 Å². The Morgan fingerprint density at radius 2 is 2.00 bits per heavy atom. The molecule has 0 atom stereocenters. The summed E-state index contributed by atoms with van der Waals surface area (Å²) in [7, 11) is 0. The summed E-state index contributed by atoms with van der Waals surface area (Å²) < 4.78 is 29.3. The molecule has 0 bridgehead atoms. The van der Waals surface area contributed by atoms with E-state index < -0.39 is 22.9 Å². The quantitative estimate of drug-likeness (QED) is 0.225. The summed E-state index contributed by atoms with van der Waals surface area (Å²) in [6, 6.07) is 11.6. The maximum Gasteiger partial charge on any atom is 0.379 e. The fourth-order valence-electron chi connectivity index (χ4n) is 3.12. The Morgan fingerprint density at radius 1 is 1.18 bits per heavy atom. The van der Waals surface area contributed by atoms with Crippen molar-refractivity contribution >= 4 is 46.6 Å². The molecule has 0 N–H and O–H groups in total. The van der Waals surface area contributed by atoms with Gasteiger partial charge in [0, 0.05) is 5.02 Å². The summed E-state index contributed by atoms with van der Waals surface area (Å²) in [5, 5.41) is -0.338. The van der Waals surface area contributed by atoms with E-state index in [0.717, 1.165) is 22.7 Å². The summed E-state index contributed by atoms with van der Waals surface area (Å²) in [6.07, 6.45) is 2.90. The van der Waals surface area contributed by atoms with Crippen LogP contribution >= 0.6 is 23.4 Å². The number of nitrogens with zero attached hydrogens (tertiary/aromatic N) is 1. The number of esters is 1. The van der Waals surface area contributed by atoms with Gasteiger partial charge in [0.2, 0.25) is 5.76 Å². The van der Waals surface area contributed by atoms with E-state index in [1.807, 2.05) is 0 Å². The normalized spacial score (nSPS) is 14.7. The first kappa shape index (κ1) is 23.6. The first-order chi connectivity index (χ1) is 16.4. The molecule has 0 saturated carbocycles. The number of rotatable bonds is 7. The zero-order valence-corrected chi connectivity index (χ0v) is 19.3. The Hall–Kier alpha value is -3.56. The van der Waals surface area contributed by atoms with E-state index in [4.69, 9.17) is 25.5 Å². The second kappa shape index (κ2) is 10.1. The van der Waals surface area contributed by atoms with Crippen LogP contribution in [0.1, 0.15) is 28.6 Å². The lowest BCUT2D eigenvalue weighted by molar-refractivity contribution is -0.123. The van der Waals surface area contributed by atoms with Crippen molar-refractivity contribution in [2.24, 2.45) is 0 Å². The van der Waals surface area contributed by atoms with Gasteiger partial charge in [-0.15, -0.1) is 0 Å². The summed E-state index contributed by atoms with van der Waals surface area (Å²) in [6.45, 7) is 2.01. The van der Waals surface area contributed by atoms with Gasteiger partial charge in [0.05, 0.1) is 24.3 Å². The predicted molar refractivity (Wildman–Crippen MR) is 124 cm³/mol. The smallest absolute Gasteiger partial charge is 0.379 e. The molecule has 1 fully saturated rings. The van der Waals surface area contributed by atoms with E-state index in [-0.39, 0.29) is 33.7 Å². The molecule has 3 aromatic rings. The lowest BCUT2D eigenvalue weighted by atomic mass is 10.1. The minimum Gasteiger partial charge on any atom is -0.490 e. The van der Waals surface area contributed by atoms with Crippen LogP contribution in [0.4, 0.5) is 9.18 Å². The standard InChI is InChI=1S/C24H17ClFNO6S/c1-2-31-20-10-14(5-8-18(20)33-23(29)19-4-3-9-32-19)11-21-22(28)27(24(30)34-21)13-15-6-7-16(26)12-17(15)25/h3-12H,2,13H2,1H3/b21-11-. The van der Waals surface area contributed by atoms with Crippen LogP contribution in [-0.2, 0) is 11.3 Å². The summed E-state index contributed by atoms with van der Waals surface area (Å²) in [4.78, 5) is 38.7. The highest BCUT2D eigenvalue weighted by molar-refractivity contribution is 8.18. The number of benzene rings is 2. The topological polar surface area (TPSA) is 86.0 Å². The summed E-state index contributed by atoms with van der Waals surface area (Å²) in [5.74, 6) is -1.18. The average Bonchev–Trinajstić information content (AvgIpc) is 3.42. The number of imide groups is 1. The first-order valence-electron chi connectivity index (χ1n) is 10.1. The van der Waals surface area contributed by atoms with E-state index in [2.05, 4.69) is 0 Å². The molecule has 2 heterocycles. The third kappa shape index (κ3) is 5.16. The van der Waals surface area contributed by atoms with Crippen molar-refractivity contribution in [1.29, 1.82) is 0 Å². The molecule has 7 nitrogen and oxygen atoms in total. The number of hydrogen-bond donors (Lipinski definition) is 0. The second-order valence-electron chi connectivity index (χ2n) is 7.01. The minimum atomic E-state index is -0.681. The van der Waals surface area contributed by atoms with Gasteiger partial charge in [-0.1, -0.05) is 23.7 Å². The molecule has 10 heteroatoms. The van der Waals surface area contributed by atoms with E-state index >= 15 is 0 Å². The van der Waals surface area contributed by atoms with Crippen LogP contribution in [0.5, 0.6) is 11.5 Å². The van der Waals surface area contributed by atoms with Crippen LogP contribution in [0.25, 0.3) is 6.08 Å². The number of ether oxygens (including phenoxy) is 2. The Bertz CT molecular complexity index is 1290. The molecule has 0 radical (unpaired) electrons. The third-order valence-electron chi connectivity index (χ3n) is 4.71. The van der Waals surface area contributed by atoms with Gasteiger partial charge in [-0.2, -0.15) is 0 Å². The van der Waals surface area contributed by atoms with Crippen molar-refractivity contribution in [3.8, 4) is 11.5 Å². The Labute approximate surface area is 203 Å². The highest BCUT2D eigenvalue weighted by Crippen LogP contribution is 2.36. The fraction of sp³-hybridized carbons (Fsp3) is 0.125. The Kier molecular flexibility index (Phi) is 7.04.